The van der Waals surface area contributed by atoms with E-state index in [-0.39, 0.29) is 5.54 Å². The highest BCUT2D eigenvalue weighted by Crippen LogP contribution is 2.58. The lowest BCUT2D eigenvalue weighted by Crippen LogP contribution is -2.27. The molecule has 2 aliphatic rings. The largest absolute Gasteiger partial charge is 0.325 e. The van der Waals surface area contributed by atoms with Crippen molar-refractivity contribution >= 4 is 0 Å². The van der Waals surface area contributed by atoms with Gasteiger partial charge in [0.25, 0.3) is 0 Å². The van der Waals surface area contributed by atoms with Crippen LogP contribution < -0.4 is 5.73 Å². The quantitative estimate of drug-likeness (QED) is 0.823. The van der Waals surface area contributed by atoms with Crippen LogP contribution in [0.5, 0.6) is 0 Å². The van der Waals surface area contributed by atoms with Gasteiger partial charge in [-0.25, -0.2) is 0 Å². The van der Waals surface area contributed by atoms with Crippen molar-refractivity contribution < 1.29 is 0 Å². The highest BCUT2D eigenvalue weighted by Gasteiger charge is 2.60. The van der Waals surface area contributed by atoms with E-state index >= 15 is 0 Å². The zero-order chi connectivity index (χ0) is 11.0. The van der Waals surface area contributed by atoms with Crippen molar-refractivity contribution in [2.45, 2.75) is 44.1 Å². The summed E-state index contributed by atoms with van der Waals surface area (Å²) in [6, 6.07) is 10.8. The lowest BCUT2D eigenvalue weighted by Gasteiger charge is -2.11. The van der Waals surface area contributed by atoms with E-state index in [0.717, 1.165) is 18.3 Å². The lowest BCUT2D eigenvalue weighted by atomic mass is 10.0. The van der Waals surface area contributed by atoms with Crippen molar-refractivity contribution in [3.8, 4) is 0 Å². The molecule has 1 nitrogen and oxygen atoms in total. The van der Waals surface area contributed by atoms with Gasteiger partial charge in [0.2, 0.25) is 0 Å². The molecule has 0 aliphatic heterocycles. The number of hydrogen-bond acceptors (Lipinski definition) is 1. The zero-order valence-electron chi connectivity index (χ0n) is 9.86. The van der Waals surface area contributed by atoms with Gasteiger partial charge in [0.05, 0.1) is 0 Å². The van der Waals surface area contributed by atoms with E-state index in [2.05, 4.69) is 30.3 Å². The first kappa shape index (κ1) is 10.3. The Morgan fingerprint density at radius 2 is 1.69 bits per heavy atom. The van der Waals surface area contributed by atoms with Crippen molar-refractivity contribution in [2.75, 3.05) is 0 Å². The number of rotatable bonds is 3. The van der Waals surface area contributed by atoms with Crippen LogP contribution in [0.25, 0.3) is 0 Å². The van der Waals surface area contributed by atoms with Gasteiger partial charge >= 0.3 is 0 Å². The third-order valence-electron chi connectivity index (χ3n) is 4.73. The van der Waals surface area contributed by atoms with E-state index in [9.17, 15) is 0 Å². The lowest BCUT2D eigenvalue weighted by molar-refractivity contribution is 0.480. The number of fused-ring (bicyclic) bond motifs is 1. The number of benzene rings is 1. The molecule has 0 amide bonds. The van der Waals surface area contributed by atoms with Gasteiger partial charge in [-0.3, -0.25) is 0 Å². The Bertz CT molecular complexity index is 345. The maximum atomic E-state index is 6.54. The molecule has 0 aromatic heterocycles. The summed E-state index contributed by atoms with van der Waals surface area (Å²) in [7, 11) is 0. The molecule has 1 heteroatoms. The summed E-state index contributed by atoms with van der Waals surface area (Å²) in [5, 5.41) is 0. The van der Waals surface area contributed by atoms with Crippen LogP contribution in [-0.2, 0) is 6.42 Å². The molecule has 2 fully saturated rings. The number of nitrogens with two attached hydrogens (primary N) is 1. The first-order valence-corrected chi connectivity index (χ1v) is 6.63. The van der Waals surface area contributed by atoms with Crippen LogP contribution in [0, 0.1) is 11.8 Å². The molecule has 2 saturated carbocycles. The third kappa shape index (κ3) is 1.67. The highest BCUT2D eigenvalue weighted by molar-refractivity contribution is 5.20. The molecular weight excluding hydrogens is 194 g/mol. The van der Waals surface area contributed by atoms with Gasteiger partial charge in [0.1, 0.15) is 0 Å². The molecule has 0 bridgehead atoms. The summed E-state index contributed by atoms with van der Waals surface area (Å²) in [5.41, 5.74) is 8.19. The molecule has 3 rings (SSSR count). The van der Waals surface area contributed by atoms with Crippen molar-refractivity contribution in [3.05, 3.63) is 35.9 Å². The van der Waals surface area contributed by atoms with Gasteiger partial charge in [-0.05, 0) is 43.1 Å². The van der Waals surface area contributed by atoms with E-state index in [1.165, 1.54) is 37.7 Å². The van der Waals surface area contributed by atoms with Crippen molar-refractivity contribution in [1.82, 2.24) is 0 Å². The average molecular weight is 215 g/mol. The van der Waals surface area contributed by atoms with Crippen LogP contribution in [0.4, 0.5) is 0 Å². The number of aryl methyl sites for hydroxylation is 1. The SMILES string of the molecule is NC1(CCc2ccccc2)C2CCCCC21. The predicted molar refractivity (Wildman–Crippen MR) is 67.1 cm³/mol. The van der Waals surface area contributed by atoms with Crippen LogP contribution in [0.2, 0.25) is 0 Å². The Kier molecular flexibility index (Phi) is 2.51. The summed E-state index contributed by atoms with van der Waals surface area (Å²) < 4.78 is 0. The van der Waals surface area contributed by atoms with Crippen LogP contribution in [0.15, 0.2) is 30.3 Å². The summed E-state index contributed by atoms with van der Waals surface area (Å²) in [6.07, 6.45) is 7.93. The first-order chi connectivity index (χ1) is 7.81. The van der Waals surface area contributed by atoms with Gasteiger partial charge in [-0.2, -0.15) is 0 Å². The Hall–Kier alpha value is -0.820. The zero-order valence-corrected chi connectivity index (χ0v) is 9.86. The Morgan fingerprint density at radius 3 is 2.31 bits per heavy atom. The molecule has 0 heterocycles. The third-order valence-corrected chi connectivity index (χ3v) is 4.73. The van der Waals surface area contributed by atoms with Crippen LogP contribution in [0.1, 0.15) is 37.7 Å². The molecule has 0 radical (unpaired) electrons. The topological polar surface area (TPSA) is 26.0 Å². The number of hydrogen-bond donors (Lipinski definition) is 1. The minimum absolute atomic E-state index is 0.201. The predicted octanol–water partition coefficient (Wildman–Crippen LogP) is 3.14. The first-order valence-electron chi connectivity index (χ1n) is 6.63. The van der Waals surface area contributed by atoms with Crippen LogP contribution >= 0.6 is 0 Å². The van der Waals surface area contributed by atoms with Crippen molar-refractivity contribution in [2.24, 2.45) is 17.6 Å². The Morgan fingerprint density at radius 1 is 1.06 bits per heavy atom. The molecule has 2 N–H and O–H groups in total. The molecular formula is C15H21N. The van der Waals surface area contributed by atoms with Crippen LogP contribution in [0.3, 0.4) is 0 Å². The Balaban J connectivity index is 1.60. The summed E-state index contributed by atoms with van der Waals surface area (Å²) >= 11 is 0. The molecule has 1 aromatic rings. The molecule has 0 spiro atoms. The minimum atomic E-state index is 0.201. The normalized spacial score (nSPS) is 36.8. The van der Waals surface area contributed by atoms with E-state index in [1.54, 1.807) is 0 Å². The maximum absolute atomic E-state index is 6.54. The smallest absolute Gasteiger partial charge is 0.0221 e. The monoisotopic (exact) mass is 215 g/mol. The fourth-order valence-electron chi connectivity index (χ4n) is 3.67. The van der Waals surface area contributed by atoms with Gasteiger partial charge in [0.15, 0.2) is 0 Å². The molecule has 1 aromatic carbocycles. The van der Waals surface area contributed by atoms with Gasteiger partial charge in [-0.1, -0.05) is 43.2 Å². The summed E-state index contributed by atoms with van der Waals surface area (Å²) in [6.45, 7) is 0. The second kappa shape index (κ2) is 3.89. The maximum Gasteiger partial charge on any atom is 0.0221 e. The fraction of sp³-hybridized carbons (Fsp3) is 0.600. The van der Waals surface area contributed by atoms with E-state index in [1.807, 2.05) is 0 Å². The average Bonchev–Trinajstić information content (AvgIpc) is 2.96. The second-order valence-electron chi connectivity index (χ2n) is 5.60. The van der Waals surface area contributed by atoms with Crippen molar-refractivity contribution in [3.63, 3.8) is 0 Å². The molecule has 2 atom stereocenters. The fourth-order valence-corrected chi connectivity index (χ4v) is 3.67. The molecule has 16 heavy (non-hydrogen) atoms. The Labute approximate surface area is 98.0 Å². The molecule has 2 aliphatic carbocycles. The second-order valence-corrected chi connectivity index (χ2v) is 5.60. The van der Waals surface area contributed by atoms with Gasteiger partial charge in [-0.15, -0.1) is 0 Å². The van der Waals surface area contributed by atoms with Gasteiger partial charge < -0.3 is 5.73 Å². The highest BCUT2D eigenvalue weighted by atomic mass is 14.9. The minimum Gasteiger partial charge on any atom is -0.325 e. The standard InChI is InChI=1S/C15H21N/c16-15(13-8-4-5-9-14(13)15)11-10-12-6-2-1-3-7-12/h1-3,6-7,13-14H,4-5,8-11,16H2. The molecule has 86 valence electrons. The van der Waals surface area contributed by atoms with Crippen molar-refractivity contribution in [1.29, 1.82) is 0 Å². The van der Waals surface area contributed by atoms with E-state index in [4.69, 9.17) is 5.73 Å². The van der Waals surface area contributed by atoms with Crippen LogP contribution in [-0.4, -0.2) is 5.54 Å². The summed E-state index contributed by atoms with van der Waals surface area (Å²) in [5.74, 6) is 1.70. The van der Waals surface area contributed by atoms with E-state index < -0.39 is 0 Å². The summed E-state index contributed by atoms with van der Waals surface area (Å²) in [4.78, 5) is 0. The van der Waals surface area contributed by atoms with Gasteiger partial charge in [0, 0.05) is 5.54 Å². The molecule has 2 unspecified atom stereocenters. The molecule has 0 saturated heterocycles. The van der Waals surface area contributed by atoms with E-state index in [0.29, 0.717) is 0 Å².